The largest absolute Gasteiger partial charge is 0.257 e. The molecule has 2 atom stereocenters. The van der Waals surface area contributed by atoms with Gasteiger partial charge in [0, 0.05) is 6.20 Å². The summed E-state index contributed by atoms with van der Waals surface area (Å²) < 4.78 is 0. The molecule has 0 amide bonds. The van der Waals surface area contributed by atoms with E-state index in [0.717, 1.165) is 5.69 Å². The van der Waals surface area contributed by atoms with Gasteiger partial charge >= 0.3 is 0 Å². The average Bonchev–Trinajstić information content (AvgIpc) is 2.12. The summed E-state index contributed by atoms with van der Waals surface area (Å²) in [5.74, 6) is 1.25. The third-order valence-electron chi connectivity index (χ3n) is 2.71. The van der Waals surface area contributed by atoms with Crippen molar-refractivity contribution in [3.63, 3.8) is 0 Å². The summed E-state index contributed by atoms with van der Waals surface area (Å²) in [5, 5.41) is 0. The molecule has 0 fully saturated rings. The Morgan fingerprint density at radius 1 is 1.33 bits per heavy atom. The Bertz CT molecular complexity index is 315. The van der Waals surface area contributed by atoms with Gasteiger partial charge in [0.05, 0.1) is 5.69 Å². The number of hydrogen-bond acceptors (Lipinski definition) is 1. The molecule has 0 unspecified atom stereocenters. The van der Waals surface area contributed by atoms with Crippen LogP contribution in [-0.4, -0.2) is 4.98 Å². The lowest BCUT2D eigenvalue weighted by molar-refractivity contribution is 0.583. The molecule has 62 valence electrons. The Labute approximate surface area is 73.1 Å². The minimum atomic E-state index is 0.610. The molecule has 1 heterocycles. The van der Waals surface area contributed by atoms with Gasteiger partial charge in [-0.1, -0.05) is 26.0 Å². The summed E-state index contributed by atoms with van der Waals surface area (Å²) in [6.45, 7) is 4.51. The van der Waals surface area contributed by atoms with Gasteiger partial charge in [0.2, 0.25) is 0 Å². The highest BCUT2D eigenvalue weighted by Crippen LogP contribution is 2.31. The van der Waals surface area contributed by atoms with Crippen molar-refractivity contribution >= 4 is 6.08 Å². The van der Waals surface area contributed by atoms with Crippen LogP contribution in [0.15, 0.2) is 24.4 Å². The lowest BCUT2D eigenvalue weighted by atomic mass is 9.84. The summed E-state index contributed by atoms with van der Waals surface area (Å²) in [6, 6.07) is 4.19. The molecule has 1 aromatic rings. The van der Waals surface area contributed by atoms with Gasteiger partial charge in [0.25, 0.3) is 0 Å². The molecule has 1 nitrogen and oxygen atoms in total. The smallest absolute Gasteiger partial charge is 0.0661 e. The van der Waals surface area contributed by atoms with E-state index in [9.17, 15) is 0 Å². The number of aromatic nitrogens is 1. The molecule has 0 aliphatic heterocycles. The molecule has 0 saturated carbocycles. The highest BCUT2D eigenvalue weighted by molar-refractivity contribution is 5.53. The van der Waals surface area contributed by atoms with E-state index in [4.69, 9.17) is 0 Å². The average molecular weight is 159 g/mol. The lowest BCUT2D eigenvalue weighted by Crippen LogP contribution is -2.09. The fourth-order valence-corrected chi connectivity index (χ4v) is 1.65. The monoisotopic (exact) mass is 159 g/mol. The van der Waals surface area contributed by atoms with Crippen LogP contribution in [0.3, 0.4) is 0 Å². The van der Waals surface area contributed by atoms with Crippen LogP contribution in [-0.2, 0) is 0 Å². The van der Waals surface area contributed by atoms with Gasteiger partial charge in [-0.25, -0.2) is 0 Å². The van der Waals surface area contributed by atoms with Gasteiger partial charge in [-0.15, -0.1) is 0 Å². The fourth-order valence-electron chi connectivity index (χ4n) is 1.65. The zero-order valence-corrected chi connectivity index (χ0v) is 7.49. The van der Waals surface area contributed by atoms with Crippen LogP contribution in [0.25, 0.3) is 6.08 Å². The molecular weight excluding hydrogens is 146 g/mol. The van der Waals surface area contributed by atoms with E-state index < -0.39 is 0 Å². The number of fused-ring (bicyclic) bond motifs is 1. The number of rotatable bonds is 0. The van der Waals surface area contributed by atoms with Crippen molar-refractivity contribution in [3.8, 4) is 0 Å². The molecule has 0 aromatic carbocycles. The van der Waals surface area contributed by atoms with Crippen molar-refractivity contribution < 1.29 is 0 Å². The molecule has 0 saturated heterocycles. The maximum Gasteiger partial charge on any atom is 0.0661 e. The molecule has 0 spiro atoms. The van der Waals surface area contributed by atoms with Crippen LogP contribution in [0.5, 0.6) is 0 Å². The fraction of sp³-hybridized carbons (Fsp3) is 0.364. The maximum atomic E-state index is 4.32. The first-order valence-electron chi connectivity index (χ1n) is 4.42. The SMILES string of the molecule is C[C@@H]1C=Cc2ncccc2[C@H]1C. The molecule has 0 N–H and O–H groups in total. The van der Waals surface area contributed by atoms with Crippen LogP contribution in [0.4, 0.5) is 0 Å². The summed E-state index contributed by atoms with van der Waals surface area (Å²) in [6.07, 6.45) is 6.21. The number of hydrogen-bond donors (Lipinski definition) is 0. The molecule has 1 heteroatoms. The summed E-state index contributed by atoms with van der Waals surface area (Å²) in [4.78, 5) is 4.32. The van der Waals surface area contributed by atoms with E-state index in [0.29, 0.717) is 11.8 Å². The second-order valence-electron chi connectivity index (χ2n) is 3.48. The second kappa shape index (κ2) is 2.74. The molecular formula is C11H13N. The minimum absolute atomic E-state index is 0.610. The Balaban J connectivity index is 2.52. The van der Waals surface area contributed by atoms with Crippen LogP contribution < -0.4 is 0 Å². The van der Waals surface area contributed by atoms with Gasteiger partial charge in [0.15, 0.2) is 0 Å². The van der Waals surface area contributed by atoms with E-state index in [1.165, 1.54) is 5.56 Å². The van der Waals surface area contributed by atoms with E-state index in [-0.39, 0.29) is 0 Å². The van der Waals surface area contributed by atoms with Crippen molar-refractivity contribution in [1.29, 1.82) is 0 Å². The summed E-state index contributed by atoms with van der Waals surface area (Å²) in [7, 11) is 0. The van der Waals surface area contributed by atoms with E-state index in [1.807, 2.05) is 12.3 Å². The van der Waals surface area contributed by atoms with Gasteiger partial charge in [0.1, 0.15) is 0 Å². The van der Waals surface area contributed by atoms with Gasteiger partial charge < -0.3 is 0 Å². The predicted molar refractivity (Wildman–Crippen MR) is 50.9 cm³/mol. The quantitative estimate of drug-likeness (QED) is 0.567. The standard InChI is InChI=1S/C11H13N/c1-8-5-6-11-10(9(8)2)4-3-7-12-11/h3-9H,1-2H3/t8-,9+/m1/s1. The topological polar surface area (TPSA) is 12.9 Å². The molecule has 1 aliphatic carbocycles. The molecule has 1 aromatic heterocycles. The molecule has 0 radical (unpaired) electrons. The number of allylic oxidation sites excluding steroid dienone is 1. The van der Waals surface area contributed by atoms with Crippen molar-refractivity contribution in [2.24, 2.45) is 5.92 Å². The van der Waals surface area contributed by atoms with Crippen molar-refractivity contribution in [1.82, 2.24) is 4.98 Å². The van der Waals surface area contributed by atoms with Gasteiger partial charge in [-0.05, 0) is 29.5 Å². The highest BCUT2D eigenvalue weighted by Gasteiger charge is 2.18. The Hall–Kier alpha value is -1.11. The first kappa shape index (κ1) is 7.53. The van der Waals surface area contributed by atoms with Gasteiger partial charge in [-0.3, -0.25) is 4.98 Å². The highest BCUT2D eigenvalue weighted by atomic mass is 14.7. The van der Waals surface area contributed by atoms with Crippen LogP contribution in [0.2, 0.25) is 0 Å². The van der Waals surface area contributed by atoms with Crippen molar-refractivity contribution in [3.05, 3.63) is 35.7 Å². The van der Waals surface area contributed by atoms with Gasteiger partial charge in [-0.2, -0.15) is 0 Å². The molecule has 1 aliphatic rings. The number of pyridine rings is 1. The first-order chi connectivity index (χ1) is 5.79. The molecule has 12 heavy (non-hydrogen) atoms. The minimum Gasteiger partial charge on any atom is -0.257 e. The number of nitrogens with zero attached hydrogens (tertiary/aromatic N) is 1. The maximum absolute atomic E-state index is 4.32. The molecule has 0 bridgehead atoms. The van der Waals surface area contributed by atoms with Crippen molar-refractivity contribution in [2.75, 3.05) is 0 Å². The lowest BCUT2D eigenvalue weighted by Gasteiger charge is -2.22. The van der Waals surface area contributed by atoms with Crippen LogP contribution >= 0.6 is 0 Å². The third-order valence-corrected chi connectivity index (χ3v) is 2.71. The zero-order valence-electron chi connectivity index (χ0n) is 7.49. The first-order valence-corrected chi connectivity index (χ1v) is 4.42. The third kappa shape index (κ3) is 1.06. The predicted octanol–water partition coefficient (Wildman–Crippen LogP) is 2.85. The van der Waals surface area contributed by atoms with E-state index in [2.05, 4.69) is 37.0 Å². The van der Waals surface area contributed by atoms with Crippen molar-refractivity contribution in [2.45, 2.75) is 19.8 Å². The Morgan fingerprint density at radius 3 is 3.00 bits per heavy atom. The van der Waals surface area contributed by atoms with E-state index in [1.54, 1.807) is 0 Å². The normalized spacial score (nSPS) is 26.8. The summed E-state index contributed by atoms with van der Waals surface area (Å²) >= 11 is 0. The second-order valence-corrected chi connectivity index (χ2v) is 3.48. The molecule has 2 rings (SSSR count). The van der Waals surface area contributed by atoms with E-state index >= 15 is 0 Å². The Morgan fingerprint density at radius 2 is 2.17 bits per heavy atom. The van der Waals surface area contributed by atoms with Crippen LogP contribution in [0.1, 0.15) is 31.0 Å². The zero-order chi connectivity index (χ0) is 8.55. The summed E-state index contributed by atoms with van der Waals surface area (Å²) in [5.41, 5.74) is 2.52. The Kier molecular flexibility index (Phi) is 1.72. The van der Waals surface area contributed by atoms with Crippen LogP contribution in [0, 0.1) is 5.92 Å².